The minimum absolute atomic E-state index is 0.284. The largest absolute Gasteiger partial charge is 0.391 e. The van der Waals surface area contributed by atoms with E-state index in [-0.39, 0.29) is 12.8 Å². The fourth-order valence-electron chi connectivity index (χ4n) is 2.89. The van der Waals surface area contributed by atoms with Gasteiger partial charge in [-0.1, -0.05) is 12.5 Å². The van der Waals surface area contributed by atoms with Gasteiger partial charge in [0.05, 0.1) is 5.92 Å². The fourth-order valence-corrected chi connectivity index (χ4v) is 2.89. The Morgan fingerprint density at radius 3 is 2.22 bits per heavy atom. The Balaban J connectivity index is 2.50. The Labute approximate surface area is 108 Å². The van der Waals surface area contributed by atoms with Crippen LogP contribution in [0.4, 0.5) is 13.2 Å². The van der Waals surface area contributed by atoms with Gasteiger partial charge in [-0.3, -0.25) is 0 Å². The van der Waals surface area contributed by atoms with Crippen molar-refractivity contribution in [3.8, 4) is 0 Å². The van der Waals surface area contributed by atoms with Gasteiger partial charge in [0.2, 0.25) is 0 Å². The van der Waals surface area contributed by atoms with E-state index in [2.05, 4.69) is 11.9 Å². The lowest BCUT2D eigenvalue weighted by atomic mass is 9.77. The third-order valence-corrected chi connectivity index (χ3v) is 3.84. The fraction of sp³-hybridized carbons (Fsp3) is 0.857. The van der Waals surface area contributed by atoms with Crippen molar-refractivity contribution in [2.75, 3.05) is 6.54 Å². The van der Waals surface area contributed by atoms with Crippen molar-refractivity contribution in [2.24, 2.45) is 11.8 Å². The maximum absolute atomic E-state index is 12.6. The lowest BCUT2D eigenvalue weighted by Gasteiger charge is -2.35. The molecule has 1 rings (SSSR count). The molecule has 0 radical (unpaired) electrons. The molecule has 0 heterocycles. The van der Waals surface area contributed by atoms with Crippen LogP contribution in [0.5, 0.6) is 0 Å². The van der Waals surface area contributed by atoms with E-state index in [0.29, 0.717) is 24.8 Å². The Kier molecular flexibility index (Phi) is 5.70. The minimum atomic E-state index is -4.01. The van der Waals surface area contributed by atoms with Gasteiger partial charge in [-0.25, -0.2) is 0 Å². The molecule has 1 atom stereocenters. The predicted molar refractivity (Wildman–Crippen MR) is 68.4 cm³/mol. The molecule has 4 heteroatoms. The molecule has 1 nitrogen and oxygen atoms in total. The van der Waals surface area contributed by atoms with Crippen molar-refractivity contribution >= 4 is 0 Å². The molecule has 0 aromatic rings. The van der Waals surface area contributed by atoms with Gasteiger partial charge >= 0.3 is 6.18 Å². The highest BCUT2D eigenvalue weighted by molar-refractivity contribution is 4.96. The number of nitrogens with one attached hydrogen (secondary N) is 1. The average molecular weight is 263 g/mol. The topological polar surface area (TPSA) is 12.0 Å². The first-order valence-electron chi connectivity index (χ1n) is 6.79. The summed E-state index contributed by atoms with van der Waals surface area (Å²) in [6.07, 6.45) is -1.22. The number of hydrogen-bond donors (Lipinski definition) is 1. The first kappa shape index (κ1) is 15.5. The summed E-state index contributed by atoms with van der Waals surface area (Å²) in [6.45, 7) is 8.78. The first-order valence-corrected chi connectivity index (χ1v) is 6.79. The highest BCUT2D eigenvalue weighted by Crippen LogP contribution is 2.40. The van der Waals surface area contributed by atoms with Crippen molar-refractivity contribution in [2.45, 2.75) is 58.2 Å². The molecular formula is C14H24F3N. The van der Waals surface area contributed by atoms with E-state index in [0.717, 1.165) is 18.5 Å². The van der Waals surface area contributed by atoms with Gasteiger partial charge in [-0.15, -0.1) is 6.58 Å². The zero-order chi connectivity index (χ0) is 13.8. The second-order valence-corrected chi connectivity index (χ2v) is 5.48. The molecule has 0 saturated heterocycles. The molecule has 1 saturated carbocycles. The van der Waals surface area contributed by atoms with Gasteiger partial charge in [-0.05, 0) is 51.5 Å². The molecular weight excluding hydrogens is 239 g/mol. The summed E-state index contributed by atoms with van der Waals surface area (Å²) in [7, 11) is 0. The van der Waals surface area contributed by atoms with Crippen LogP contribution in [0.25, 0.3) is 0 Å². The van der Waals surface area contributed by atoms with Gasteiger partial charge < -0.3 is 5.32 Å². The maximum atomic E-state index is 12.6. The van der Waals surface area contributed by atoms with Crippen molar-refractivity contribution < 1.29 is 13.2 Å². The highest BCUT2D eigenvalue weighted by Gasteiger charge is 2.42. The van der Waals surface area contributed by atoms with E-state index in [1.54, 1.807) is 0 Å². The van der Waals surface area contributed by atoms with Crippen LogP contribution >= 0.6 is 0 Å². The molecule has 1 aliphatic carbocycles. The smallest absolute Gasteiger partial charge is 0.314 e. The summed E-state index contributed by atoms with van der Waals surface area (Å²) in [6, 6.07) is 0.293. The van der Waals surface area contributed by atoms with E-state index in [4.69, 9.17) is 0 Å². The predicted octanol–water partition coefficient (Wildman–Crippen LogP) is 4.30. The van der Waals surface area contributed by atoms with Crippen LogP contribution in [0.3, 0.4) is 0 Å². The SMILES string of the molecule is C=C(C)CC(NCC)C1CCC(C(F)(F)F)CC1. The molecule has 106 valence electrons. The molecule has 0 amide bonds. The van der Waals surface area contributed by atoms with Gasteiger partial charge in [0.25, 0.3) is 0 Å². The normalized spacial score (nSPS) is 26.9. The number of hydrogen-bond acceptors (Lipinski definition) is 1. The van der Waals surface area contributed by atoms with Gasteiger partial charge in [0.15, 0.2) is 0 Å². The second kappa shape index (κ2) is 6.60. The number of rotatable bonds is 5. The Morgan fingerprint density at radius 1 is 1.28 bits per heavy atom. The summed E-state index contributed by atoms with van der Waals surface area (Å²) >= 11 is 0. The highest BCUT2D eigenvalue weighted by atomic mass is 19.4. The van der Waals surface area contributed by atoms with Crippen LogP contribution in [0, 0.1) is 11.8 Å². The van der Waals surface area contributed by atoms with Gasteiger partial charge in [0.1, 0.15) is 0 Å². The van der Waals surface area contributed by atoms with Crippen molar-refractivity contribution in [3.63, 3.8) is 0 Å². The third-order valence-electron chi connectivity index (χ3n) is 3.84. The maximum Gasteiger partial charge on any atom is 0.391 e. The lowest BCUT2D eigenvalue weighted by Crippen LogP contribution is -2.39. The molecule has 0 spiro atoms. The Bertz CT molecular complexity index is 265. The summed E-state index contributed by atoms with van der Waals surface area (Å²) in [5.41, 5.74) is 1.10. The van der Waals surface area contributed by atoms with Crippen LogP contribution < -0.4 is 5.32 Å². The third kappa shape index (κ3) is 4.63. The molecule has 1 aliphatic rings. The lowest BCUT2D eigenvalue weighted by molar-refractivity contribution is -0.184. The van der Waals surface area contributed by atoms with E-state index >= 15 is 0 Å². The van der Waals surface area contributed by atoms with E-state index in [1.807, 2.05) is 13.8 Å². The zero-order valence-electron chi connectivity index (χ0n) is 11.3. The summed E-state index contributed by atoms with van der Waals surface area (Å²) in [5, 5.41) is 3.40. The molecule has 18 heavy (non-hydrogen) atoms. The number of alkyl halides is 3. The van der Waals surface area contributed by atoms with Crippen LogP contribution in [-0.2, 0) is 0 Å². The molecule has 0 bridgehead atoms. The van der Waals surface area contributed by atoms with Crippen molar-refractivity contribution in [1.29, 1.82) is 0 Å². The molecule has 0 aromatic carbocycles. The van der Waals surface area contributed by atoms with Crippen LogP contribution in [0.15, 0.2) is 12.2 Å². The monoisotopic (exact) mass is 263 g/mol. The summed E-state index contributed by atoms with van der Waals surface area (Å²) < 4.78 is 37.8. The van der Waals surface area contributed by atoms with Crippen LogP contribution in [-0.4, -0.2) is 18.8 Å². The van der Waals surface area contributed by atoms with Crippen molar-refractivity contribution in [1.82, 2.24) is 5.32 Å². The summed E-state index contributed by atoms with van der Waals surface area (Å²) in [5.74, 6) is -0.721. The standard InChI is InChI=1S/C14H24F3N/c1-4-18-13(9-10(2)3)11-5-7-12(8-6-11)14(15,16)17/h11-13,18H,2,4-9H2,1,3H3. The van der Waals surface area contributed by atoms with Gasteiger partial charge in [0, 0.05) is 6.04 Å². The van der Waals surface area contributed by atoms with Crippen LogP contribution in [0.1, 0.15) is 46.0 Å². The number of halogens is 3. The zero-order valence-corrected chi connectivity index (χ0v) is 11.3. The Morgan fingerprint density at radius 2 is 1.83 bits per heavy atom. The van der Waals surface area contributed by atoms with Crippen molar-refractivity contribution in [3.05, 3.63) is 12.2 Å². The molecule has 1 unspecified atom stereocenters. The van der Waals surface area contributed by atoms with Crippen LogP contribution in [0.2, 0.25) is 0 Å². The second-order valence-electron chi connectivity index (χ2n) is 5.48. The average Bonchev–Trinajstić information content (AvgIpc) is 2.27. The Hall–Kier alpha value is -0.510. The molecule has 1 fully saturated rings. The quantitative estimate of drug-likeness (QED) is 0.729. The van der Waals surface area contributed by atoms with Gasteiger partial charge in [-0.2, -0.15) is 13.2 Å². The molecule has 0 aliphatic heterocycles. The summed E-state index contributed by atoms with van der Waals surface area (Å²) in [4.78, 5) is 0. The first-order chi connectivity index (χ1) is 8.34. The molecule has 0 aromatic heterocycles. The molecule has 1 N–H and O–H groups in total. The van der Waals surface area contributed by atoms with E-state index in [9.17, 15) is 13.2 Å². The minimum Gasteiger partial charge on any atom is -0.314 e. The van der Waals surface area contributed by atoms with E-state index < -0.39 is 12.1 Å². The van der Waals surface area contributed by atoms with E-state index in [1.165, 1.54) is 0 Å².